The predicted molar refractivity (Wildman–Crippen MR) is 72.2 cm³/mol. The maximum Gasteiger partial charge on any atom is 0.223 e. The molecule has 0 aliphatic rings. The Morgan fingerprint density at radius 3 is 2.50 bits per heavy atom. The van der Waals surface area contributed by atoms with E-state index in [9.17, 15) is 8.42 Å². The second kappa shape index (κ2) is 6.10. The van der Waals surface area contributed by atoms with Crippen molar-refractivity contribution in [3.63, 3.8) is 0 Å². The van der Waals surface area contributed by atoms with Gasteiger partial charge in [-0.15, -0.1) is 0 Å². The Hall–Kier alpha value is -1.21. The van der Waals surface area contributed by atoms with Crippen molar-refractivity contribution in [2.24, 2.45) is 0 Å². The lowest BCUT2D eigenvalue weighted by molar-refractivity contribution is 0.589. The summed E-state index contributed by atoms with van der Waals surface area (Å²) in [7, 11) is -3.14. The zero-order chi connectivity index (χ0) is 13.8. The van der Waals surface area contributed by atoms with Gasteiger partial charge in [0.15, 0.2) is 0 Å². The summed E-state index contributed by atoms with van der Waals surface area (Å²) in [5.41, 5.74) is 1.87. The van der Waals surface area contributed by atoms with E-state index in [-0.39, 0.29) is 0 Å². The maximum atomic E-state index is 10.9. The molecule has 0 aliphatic heterocycles. The summed E-state index contributed by atoms with van der Waals surface area (Å²) in [5.74, 6) is 0.871. The topological polar surface area (TPSA) is 84.0 Å². The fraction of sp³-hybridized carbons (Fsp3) is 0.636. The van der Waals surface area contributed by atoms with Crippen molar-refractivity contribution in [3.05, 3.63) is 17.5 Å². The molecule has 0 radical (unpaired) electrons. The van der Waals surface area contributed by atoms with Crippen LogP contribution in [-0.4, -0.2) is 37.7 Å². The van der Waals surface area contributed by atoms with Crippen LogP contribution in [0.3, 0.4) is 0 Å². The molecular formula is C11H20N4O2S. The molecule has 0 unspecified atom stereocenters. The Bertz CT molecular complexity index is 500. The molecule has 0 amide bonds. The minimum Gasteiger partial charge on any atom is -0.353 e. The summed E-state index contributed by atoms with van der Waals surface area (Å²) in [6, 6.07) is 1.95. The van der Waals surface area contributed by atoms with Crippen LogP contribution in [0.5, 0.6) is 0 Å². The lowest BCUT2D eigenvalue weighted by Gasteiger charge is -2.10. The largest absolute Gasteiger partial charge is 0.353 e. The van der Waals surface area contributed by atoms with E-state index < -0.39 is 10.0 Å². The molecule has 6 nitrogen and oxygen atoms in total. The molecule has 0 bridgehead atoms. The molecule has 0 saturated heterocycles. The van der Waals surface area contributed by atoms with E-state index in [0.29, 0.717) is 25.0 Å². The van der Waals surface area contributed by atoms with Crippen molar-refractivity contribution < 1.29 is 8.42 Å². The number of aromatic nitrogens is 2. The van der Waals surface area contributed by atoms with Gasteiger partial charge in [-0.2, -0.15) is 0 Å². The van der Waals surface area contributed by atoms with Crippen molar-refractivity contribution in [3.8, 4) is 0 Å². The standard InChI is InChI=1S/C11H20N4O2S/c1-8(2)10-7-9(3)14-11(15-10)12-5-6-13-18(4,16)17/h7-8,13H,5-6H2,1-4H3,(H,12,14,15). The number of hydrogen-bond acceptors (Lipinski definition) is 5. The zero-order valence-electron chi connectivity index (χ0n) is 11.2. The van der Waals surface area contributed by atoms with Gasteiger partial charge in [0.1, 0.15) is 0 Å². The molecule has 7 heteroatoms. The third-order valence-corrected chi connectivity index (χ3v) is 2.97. The monoisotopic (exact) mass is 272 g/mol. The summed E-state index contributed by atoms with van der Waals surface area (Å²) in [4.78, 5) is 8.62. The van der Waals surface area contributed by atoms with Gasteiger partial charge in [0.05, 0.1) is 6.26 Å². The van der Waals surface area contributed by atoms with Crippen molar-refractivity contribution >= 4 is 16.0 Å². The molecule has 1 aromatic rings. The fourth-order valence-electron chi connectivity index (χ4n) is 1.38. The highest BCUT2D eigenvalue weighted by atomic mass is 32.2. The number of anilines is 1. The van der Waals surface area contributed by atoms with Crippen LogP contribution in [0, 0.1) is 6.92 Å². The van der Waals surface area contributed by atoms with E-state index >= 15 is 0 Å². The Balaban J connectivity index is 2.57. The van der Waals surface area contributed by atoms with Crippen LogP contribution in [0.1, 0.15) is 31.2 Å². The molecule has 2 N–H and O–H groups in total. The Kier molecular flexibility index (Phi) is 5.03. The quantitative estimate of drug-likeness (QED) is 0.751. The van der Waals surface area contributed by atoms with E-state index in [0.717, 1.165) is 17.6 Å². The molecule has 0 spiro atoms. The van der Waals surface area contributed by atoms with Gasteiger partial charge in [-0.1, -0.05) is 13.8 Å². The average molecular weight is 272 g/mol. The lowest BCUT2D eigenvalue weighted by atomic mass is 10.1. The van der Waals surface area contributed by atoms with Crippen LogP contribution >= 0.6 is 0 Å². The molecule has 1 rings (SSSR count). The number of nitrogens with one attached hydrogen (secondary N) is 2. The number of hydrogen-bond donors (Lipinski definition) is 2. The van der Waals surface area contributed by atoms with E-state index in [1.807, 2.05) is 13.0 Å². The van der Waals surface area contributed by atoms with E-state index in [1.165, 1.54) is 0 Å². The van der Waals surface area contributed by atoms with Crippen LogP contribution in [-0.2, 0) is 10.0 Å². The van der Waals surface area contributed by atoms with Crippen molar-refractivity contribution in [1.82, 2.24) is 14.7 Å². The smallest absolute Gasteiger partial charge is 0.223 e. The summed E-state index contributed by atoms with van der Waals surface area (Å²) >= 11 is 0. The van der Waals surface area contributed by atoms with Crippen LogP contribution in [0.15, 0.2) is 6.07 Å². The third-order valence-electron chi connectivity index (χ3n) is 2.24. The van der Waals surface area contributed by atoms with Crippen LogP contribution in [0.25, 0.3) is 0 Å². The van der Waals surface area contributed by atoms with Crippen molar-refractivity contribution in [2.75, 3.05) is 24.7 Å². The van der Waals surface area contributed by atoms with Crippen molar-refractivity contribution in [1.29, 1.82) is 0 Å². The molecule has 0 fully saturated rings. The summed E-state index contributed by atoms with van der Waals surface area (Å²) in [5, 5.41) is 3.00. The number of sulfonamides is 1. The summed E-state index contributed by atoms with van der Waals surface area (Å²) in [6.45, 7) is 6.81. The van der Waals surface area contributed by atoms with Gasteiger partial charge in [0.2, 0.25) is 16.0 Å². The van der Waals surface area contributed by atoms with Gasteiger partial charge in [0, 0.05) is 24.5 Å². The van der Waals surface area contributed by atoms with Crippen LogP contribution in [0.4, 0.5) is 5.95 Å². The van der Waals surface area contributed by atoms with Gasteiger partial charge >= 0.3 is 0 Å². The molecule has 1 heterocycles. The van der Waals surface area contributed by atoms with E-state index in [2.05, 4.69) is 33.9 Å². The molecule has 0 saturated carbocycles. The highest BCUT2D eigenvalue weighted by Crippen LogP contribution is 2.13. The van der Waals surface area contributed by atoms with Gasteiger partial charge in [-0.25, -0.2) is 23.1 Å². The normalized spacial score (nSPS) is 11.8. The first-order valence-corrected chi connectivity index (χ1v) is 7.71. The van der Waals surface area contributed by atoms with E-state index in [4.69, 9.17) is 0 Å². The Morgan fingerprint density at radius 1 is 1.28 bits per heavy atom. The number of rotatable bonds is 6. The minimum atomic E-state index is -3.14. The molecular weight excluding hydrogens is 252 g/mol. The molecule has 1 aromatic heterocycles. The first-order valence-electron chi connectivity index (χ1n) is 5.82. The molecule has 18 heavy (non-hydrogen) atoms. The second-order valence-electron chi connectivity index (χ2n) is 4.51. The van der Waals surface area contributed by atoms with Crippen molar-refractivity contribution in [2.45, 2.75) is 26.7 Å². The number of nitrogens with zero attached hydrogens (tertiary/aromatic N) is 2. The highest BCUT2D eigenvalue weighted by Gasteiger charge is 2.05. The first kappa shape index (κ1) is 14.8. The van der Waals surface area contributed by atoms with Crippen LogP contribution in [0.2, 0.25) is 0 Å². The molecule has 102 valence electrons. The zero-order valence-corrected chi connectivity index (χ0v) is 12.0. The minimum absolute atomic E-state index is 0.313. The molecule has 0 aromatic carbocycles. The third kappa shape index (κ3) is 5.42. The fourth-order valence-corrected chi connectivity index (χ4v) is 1.85. The summed E-state index contributed by atoms with van der Waals surface area (Å²) < 4.78 is 24.1. The van der Waals surface area contributed by atoms with Crippen LogP contribution < -0.4 is 10.0 Å². The summed E-state index contributed by atoms with van der Waals surface area (Å²) in [6.07, 6.45) is 1.13. The highest BCUT2D eigenvalue weighted by molar-refractivity contribution is 7.88. The average Bonchev–Trinajstić information content (AvgIpc) is 2.22. The Morgan fingerprint density at radius 2 is 1.94 bits per heavy atom. The molecule has 0 atom stereocenters. The van der Waals surface area contributed by atoms with Gasteiger partial charge in [-0.3, -0.25) is 0 Å². The second-order valence-corrected chi connectivity index (χ2v) is 6.34. The van der Waals surface area contributed by atoms with Gasteiger partial charge in [-0.05, 0) is 18.9 Å². The maximum absolute atomic E-state index is 10.9. The van der Waals surface area contributed by atoms with E-state index in [1.54, 1.807) is 0 Å². The SMILES string of the molecule is Cc1cc(C(C)C)nc(NCCNS(C)(=O)=O)n1. The predicted octanol–water partition coefficient (Wildman–Crippen LogP) is 0.870. The molecule has 0 aliphatic carbocycles. The lowest BCUT2D eigenvalue weighted by Crippen LogP contribution is -2.28. The number of aryl methyl sites for hydroxylation is 1. The van der Waals surface area contributed by atoms with Gasteiger partial charge < -0.3 is 5.32 Å². The van der Waals surface area contributed by atoms with Gasteiger partial charge in [0.25, 0.3) is 0 Å². The Labute approximate surface area is 108 Å². The first-order chi connectivity index (χ1) is 8.28.